The fourth-order valence-corrected chi connectivity index (χ4v) is 3.81. The van der Waals surface area contributed by atoms with Gasteiger partial charge < -0.3 is 19.9 Å². The van der Waals surface area contributed by atoms with Crippen LogP contribution in [-0.2, 0) is 22.6 Å². The van der Waals surface area contributed by atoms with E-state index in [-0.39, 0.29) is 24.0 Å². The summed E-state index contributed by atoms with van der Waals surface area (Å²) in [6, 6.07) is 14.2. The zero-order valence-corrected chi connectivity index (χ0v) is 18.7. The highest BCUT2D eigenvalue weighted by Gasteiger charge is 2.16. The van der Waals surface area contributed by atoms with Gasteiger partial charge in [-0.2, -0.15) is 0 Å². The maximum atomic E-state index is 12.4. The van der Waals surface area contributed by atoms with Crippen molar-refractivity contribution in [2.75, 3.05) is 23.5 Å². The molecule has 0 fully saturated rings. The maximum Gasteiger partial charge on any atom is 0.234 e. The van der Waals surface area contributed by atoms with E-state index < -0.39 is 0 Å². The summed E-state index contributed by atoms with van der Waals surface area (Å²) in [5, 5.41) is 14.9. The van der Waals surface area contributed by atoms with Gasteiger partial charge in [0, 0.05) is 18.3 Å². The van der Waals surface area contributed by atoms with Gasteiger partial charge in [0.05, 0.1) is 30.0 Å². The summed E-state index contributed by atoms with van der Waals surface area (Å²) in [4.78, 5) is 24.7. The number of thioether (sulfide) groups is 1. The number of ether oxygens (including phenoxy) is 1. The molecule has 0 unspecified atom stereocenters. The molecule has 10 heteroatoms. The van der Waals surface area contributed by atoms with Gasteiger partial charge in [-0.05, 0) is 31.2 Å². The third-order valence-electron chi connectivity index (χ3n) is 4.26. The Morgan fingerprint density at radius 3 is 2.65 bits per heavy atom. The van der Waals surface area contributed by atoms with Crippen molar-refractivity contribution < 1.29 is 14.3 Å². The van der Waals surface area contributed by atoms with Crippen LogP contribution in [-0.4, -0.2) is 39.4 Å². The van der Waals surface area contributed by atoms with Crippen molar-refractivity contribution in [2.45, 2.75) is 25.0 Å². The highest BCUT2D eigenvalue weighted by Crippen LogP contribution is 2.22. The number of aromatic nitrogens is 3. The smallest absolute Gasteiger partial charge is 0.234 e. The topological polar surface area (TPSA) is 98.1 Å². The van der Waals surface area contributed by atoms with Gasteiger partial charge in [-0.15, -0.1) is 10.2 Å². The molecule has 0 atom stereocenters. The van der Waals surface area contributed by atoms with E-state index in [4.69, 9.17) is 16.3 Å². The number of rotatable bonds is 9. The van der Waals surface area contributed by atoms with Crippen molar-refractivity contribution in [3.05, 3.63) is 59.4 Å². The number of methoxy groups -OCH3 is 1. The van der Waals surface area contributed by atoms with Crippen LogP contribution in [0, 0.1) is 0 Å². The molecule has 0 saturated carbocycles. The fourth-order valence-electron chi connectivity index (χ4n) is 2.80. The maximum absolute atomic E-state index is 12.4. The lowest BCUT2D eigenvalue weighted by atomic mass is 10.3. The average molecular weight is 460 g/mol. The van der Waals surface area contributed by atoms with E-state index in [0.717, 1.165) is 0 Å². The van der Waals surface area contributed by atoms with Crippen molar-refractivity contribution >= 4 is 46.6 Å². The predicted octanol–water partition coefficient (Wildman–Crippen LogP) is 3.87. The number of hydrogen-bond donors (Lipinski definition) is 2. The van der Waals surface area contributed by atoms with E-state index in [1.165, 1.54) is 11.8 Å². The third kappa shape index (κ3) is 6.22. The number of carbonyl (C=O) groups is 2. The van der Waals surface area contributed by atoms with Crippen molar-refractivity contribution in [1.29, 1.82) is 0 Å². The molecule has 3 rings (SSSR count). The monoisotopic (exact) mass is 459 g/mol. The Bertz CT molecular complexity index is 1070. The lowest BCUT2D eigenvalue weighted by Gasteiger charge is -2.09. The van der Waals surface area contributed by atoms with E-state index in [1.807, 2.05) is 11.5 Å². The third-order valence-corrected chi connectivity index (χ3v) is 5.56. The summed E-state index contributed by atoms with van der Waals surface area (Å²) < 4.78 is 6.97. The lowest BCUT2D eigenvalue weighted by molar-refractivity contribution is -0.116. The van der Waals surface area contributed by atoms with Crippen LogP contribution in [0.15, 0.2) is 53.7 Å². The molecule has 2 N–H and O–H groups in total. The molecule has 2 aromatic carbocycles. The van der Waals surface area contributed by atoms with Gasteiger partial charge in [0.1, 0.15) is 11.6 Å². The van der Waals surface area contributed by atoms with Gasteiger partial charge in [0.2, 0.25) is 11.8 Å². The molecule has 162 valence electrons. The zero-order chi connectivity index (χ0) is 22.2. The minimum absolute atomic E-state index is 0.0443. The fraction of sp³-hybridized carbons (Fsp3) is 0.238. The minimum Gasteiger partial charge on any atom is -0.497 e. The summed E-state index contributed by atoms with van der Waals surface area (Å²) in [5.74, 6) is 0.907. The predicted molar refractivity (Wildman–Crippen MR) is 122 cm³/mol. The number of para-hydroxylation sites is 1. The van der Waals surface area contributed by atoms with Crippen LogP contribution in [0.3, 0.4) is 0 Å². The van der Waals surface area contributed by atoms with Crippen molar-refractivity contribution in [2.24, 2.45) is 0 Å². The standard InChI is InChI=1S/C21H22ClN5O3S/c1-3-27-18(12-19(28)24-17-10-5-4-9-16(17)22)25-26-21(27)31-13-20(29)23-14-7-6-8-15(11-14)30-2/h4-11H,3,12-13H2,1-2H3,(H,23,29)(H,24,28). The quantitative estimate of drug-likeness (QED) is 0.471. The lowest BCUT2D eigenvalue weighted by Crippen LogP contribution is -2.18. The molecule has 3 aromatic rings. The van der Waals surface area contributed by atoms with Crippen LogP contribution in [0.25, 0.3) is 0 Å². The first-order chi connectivity index (χ1) is 15.0. The number of carbonyl (C=O) groups excluding carboxylic acids is 2. The Morgan fingerprint density at radius 1 is 1.10 bits per heavy atom. The normalized spacial score (nSPS) is 10.5. The molecule has 0 spiro atoms. The SMILES string of the molecule is CCn1c(CC(=O)Nc2ccccc2Cl)nnc1SCC(=O)Nc1cccc(OC)c1. The Labute approximate surface area is 189 Å². The molecule has 0 radical (unpaired) electrons. The molecular formula is C21H22ClN5O3S. The van der Waals surface area contributed by atoms with E-state index in [0.29, 0.717) is 39.7 Å². The number of nitrogens with one attached hydrogen (secondary N) is 2. The number of hydrogen-bond acceptors (Lipinski definition) is 6. The molecular weight excluding hydrogens is 438 g/mol. The second kappa shape index (κ2) is 10.8. The van der Waals surface area contributed by atoms with Crippen LogP contribution in [0.4, 0.5) is 11.4 Å². The molecule has 1 aromatic heterocycles. The zero-order valence-electron chi connectivity index (χ0n) is 17.1. The van der Waals surface area contributed by atoms with Gasteiger partial charge in [-0.3, -0.25) is 9.59 Å². The molecule has 0 saturated heterocycles. The number of anilines is 2. The molecule has 0 bridgehead atoms. The number of nitrogens with zero attached hydrogens (tertiary/aromatic N) is 3. The van der Waals surface area contributed by atoms with Gasteiger partial charge in [-0.1, -0.05) is 41.6 Å². The van der Waals surface area contributed by atoms with Crippen molar-refractivity contribution in [1.82, 2.24) is 14.8 Å². The summed E-state index contributed by atoms with van der Waals surface area (Å²) >= 11 is 7.34. The van der Waals surface area contributed by atoms with Crippen LogP contribution in [0.1, 0.15) is 12.7 Å². The highest BCUT2D eigenvalue weighted by atomic mass is 35.5. The molecule has 0 aliphatic heterocycles. The van der Waals surface area contributed by atoms with Gasteiger partial charge >= 0.3 is 0 Å². The summed E-state index contributed by atoms with van der Waals surface area (Å²) in [6.45, 7) is 2.50. The Morgan fingerprint density at radius 2 is 1.90 bits per heavy atom. The van der Waals surface area contributed by atoms with E-state index in [1.54, 1.807) is 55.6 Å². The van der Waals surface area contributed by atoms with E-state index >= 15 is 0 Å². The van der Waals surface area contributed by atoms with Crippen LogP contribution >= 0.6 is 23.4 Å². The second-order valence-electron chi connectivity index (χ2n) is 6.42. The van der Waals surface area contributed by atoms with Crippen LogP contribution in [0.2, 0.25) is 5.02 Å². The Balaban J connectivity index is 1.58. The number of benzene rings is 2. The van der Waals surface area contributed by atoms with Gasteiger partial charge in [0.15, 0.2) is 5.16 Å². The van der Waals surface area contributed by atoms with Crippen molar-refractivity contribution in [3.63, 3.8) is 0 Å². The molecule has 2 amide bonds. The summed E-state index contributed by atoms with van der Waals surface area (Å²) in [7, 11) is 1.57. The second-order valence-corrected chi connectivity index (χ2v) is 7.77. The van der Waals surface area contributed by atoms with Gasteiger partial charge in [-0.25, -0.2) is 0 Å². The van der Waals surface area contributed by atoms with E-state index in [2.05, 4.69) is 20.8 Å². The van der Waals surface area contributed by atoms with E-state index in [9.17, 15) is 9.59 Å². The molecule has 0 aliphatic carbocycles. The number of amides is 2. The first-order valence-corrected chi connectivity index (χ1v) is 10.9. The summed E-state index contributed by atoms with van der Waals surface area (Å²) in [6.07, 6.45) is 0.0443. The highest BCUT2D eigenvalue weighted by molar-refractivity contribution is 7.99. The Hall–Kier alpha value is -3.04. The number of halogens is 1. The van der Waals surface area contributed by atoms with Crippen LogP contribution < -0.4 is 15.4 Å². The Kier molecular flexibility index (Phi) is 7.91. The first-order valence-electron chi connectivity index (χ1n) is 9.53. The molecule has 1 heterocycles. The van der Waals surface area contributed by atoms with Crippen LogP contribution in [0.5, 0.6) is 5.75 Å². The summed E-state index contributed by atoms with van der Waals surface area (Å²) in [5.41, 5.74) is 1.19. The molecule has 31 heavy (non-hydrogen) atoms. The first kappa shape index (κ1) is 22.6. The minimum atomic E-state index is -0.248. The van der Waals surface area contributed by atoms with Crippen molar-refractivity contribution in [3.8, 4) is 5.75 Å². The average Bonchev–Trinajstić information content (AvgIpc) is 3.15. The molecule has 0 aliphatic rings. The molecule has 8 nitrogen and oxygen atoms in total. The van der Waals surface area contributed by atoms with Gasteiger partial charge in [0.25, 0.3) is 0 Å². The largest absolute Gasteiger partial charge is 0.497 e.